The van der Waals surface area contributed by atoms with E-state index in [0.717, 1.165) is 39.0 Å². The zero-order chi connectivity index (χ0) is 8.81. The number of hydrogen-bond donors (Lipinski definition) is 0. The molecule has 1 saturated heterocycles. The lowest BCUT2D eigenvalue weighted by atomic mass is 10.1. The van der Waals surface area contributed by atoms with Crippen molar-refractivity contribution in [3.05, 3.63) is 0 Å². The number of carbonyl (C=O) groups is 1. The standard InChI is InChI=1S/C9H17NO2/c1-12-8-4-7-10-6-3-2-5-9(10)11/h2-8H2,1H3. The smallest absolute Gasteiger partial charge is 0.222 e. The van der Waals surface area contributed by atoms with Gasteiger partial charge in [-0.25, -0.2) is 0 Å². The molecule has 0 spiro atoms. The molecule has 0 aliphatic carbocycles. The molecule has 0 unspecified atom stereocenters. The van der Waals surface area contributed by atoms with Crippen LogP contribution in [0.15, 0.2) is 0 Å². The Hall–Kier alpha value is -0.570. The Labute approximate surface area is 73.7 Å². The zero-order valence-corrected chi connectivity index (χ0v) is 7.71. The number of ether oxygens (including phenoxy) is 1. The van der Waals surface area contributed by atoms with Crippen molar-refractivity contribution in [1.82, 2.24) is 4.90 Å². The molecule has 3 heteroatoms. The van der Waals surface area contributed by atoms with E-state index in [9.17, 15) is 4.79 Å². The van der Waals surface area contributed by atoms with Gasteiger partial charge in [0.15, 0.2) is 0 Å². The van der Waals surface area contributed by atoms with Crippen LogP contribution in [0.2, 0.25) is 0 Å². The molecule has 0 N–H and O–H groups in total. The molecule has 1 rings (SSSR count). The van der Waals surface area contributed by atoms with E-state index in [1.165, 1.54) is 6.42 Å². The third-order valence-corrected chi connectivity index (χ3v) is 2.20. The van der Waals surface area contributed by atoms with Gasteiger partial charge in [-0.15, -0.1) is 0 Å². The lowest BCUT2D eigenvalue weighted by Crippen LogP contribution is -2.36. The van der Waals surface area contributed by atoms with Crippen LogP contribution in [0.4, 0.5) is 0 Å². The normalized spacial score (nSPS) is 18.4. The summed E-state index contributed by atoms with van der Waals surface area (Å²) in [6.07, 6.45) is 3.94. The monoisotopic (exact) mass is 171 g/mol. The van der Waals surface area contributed by atoms with Gasteiger partial charge in [0.25, 0.3) is 0 Å². The topological polar surface area (TPSA) is 29.5 Å². The van der Waals surface area contributed by atoms with Crippen molar-refractivity contribution in [3.63, 3.8) is 0 Å². The first kappa shape index (κ1) is 9.52. The molecule has 1 fully saturated rings. The third-order valence-electron chi connectivity index (χ3n) is 2.20. The molecule has 1 amide bonds. The third kappa shape index (κ3) is 2.81. The van der Waals surface area contributed by atoms with Crippen molar-refractivity contribution >= 4 is 5.91 Å². The van der Waals surface area contributed by atoms with Crippen molar-refractivity contribution < 1.29 is 9.53 Å². The second-order valence-corrected chi connectivity index (χ2v) is 3.18. The number of hydrogen-bond acceptors (Lipinski definition) is 2. The fraction of sp³-hybridized carbons (Fsp3) is 0.889. The molecule has 0 radical (unpaired) electrons. The van der Waals surface area contributed by atoms with Crippen LogP contribution in [0.5, 0.6) is 0 Å². The predicted octanol–water partition coefficient (Wildman–Crippen LogP) is 1.04. The second-order valence-electron chi connectivity index (χ2n) is 3.18. The first-order valence-corrected chi connectivity index (χ1v) is 4.61. The average molecular weight is 171 g/mol. The summed E-state index contributed by atoms with van der Waals surface area (Å²) in [5.41, 5.74) is 0. The van der Waals surface area contributed by atoms with Crippen molar-refractivity contribution in [2.45, 2.75) is 25.7 Å². The van der Waals surface area contributed by atoms with E-state index in [2.05, 4.69) is 0 Å². The number of amides is 1. The number of carbonyl (C=O) groups excluding carboxylic acids is 1. The average Bonchev–Trinajstić information content (AvgIpc) is 2.09. The summed E-state index contributed by atoms with van der Waals surface area (Å²) in [7, 11) is 1.69. The molecule has 1 aliphatic rings. The van der Waals surface area contributed by atoms with Crippen molar-refractivity contribution in [3.8, 4) is 0 Å². The lowest BCUT2D eigenvalue weighted by molar-refractivity contribution is -0.133. The lowest BCUT2D eigenvalue weighted by Gasteiger charge is -2.26. The largest absolute Gasteiger partial charge is 0.385 e. The van der Waals surface area contributed by atoms with Crippen LogP contribution in [0.25, 0.3) is 0 Å². The van der Waals surface area contributed by atoms with Gasteiger partial charge in [0.1, 0.15) is 0 Å². The molecule has 0 aromatic carbocycles. The fourth-order valence-corrected chi connectivity index (χ4v) is 1.50. The van der Waals surface area contributed by atoms with E-state index in [1.807, 2.05) is 4.90 Å². The Morgan fingerprint density at radius 2 is 2.33 bits per heavy atom. The highest BCUT2D eigenvalue weighted by atomic mass is 16.5. The van der Waals surface area contributed by atoms with E-state index in [4.69, 9.17) is 4.74 Å². The maximum atomic E-state index is 11.3. The molecule has 1 aliphatic heterocycles. The quantitative estimate of drug-likeness (QED) is 0.591. The van der Waals surface area contributed by atoms with Gasteiger partial charge < -0.3 is 9.64 Å². The first-order valence-electron chi connectivity index (χ1n) is 4.61. The molecule has 1 heterocycles. The van der Waals surface area contributed by atoms with E-state index in [0.29, 0.717) is 5.91 Å². The Morgan fingerprint density at radius 1 is 1.50 bits per heavy atom. The first-order chi connectivity index (χ1) is 5.84. The zero-order valence-electron chi connectivity index (χ0n) is 7.71. The Kier molecular flexibility index (Phi) is 4.08. The van der Waals surface area contributed by atoms with Gasteiger partial charge >= 0.3 is 0 Å². The maximum absolute atomic E-state index is 11.3. The van der Waals surface area contributed by atoms with Gasteiger partial charge in [-0.2, -0.15) is 0 Å². The maximum Gasteiger partial charge on any atom is 0.222 e. The minimum absolute atomic E-state index is 0.317. The van der Waals surface area contributed by atoms with Crippen LogP contribution in [-0.4, -0.2) is 37.6 Å². The van der Waals surface area contributed by atoms with Crippen LogP contribution in [-0.2, 0) is 9.53 Å². The highest BCUT2D eigenvalue weighted by molar-refractivity contribution is 5.76. The van der Waals surface area contributed by atoms with E-state index >= 15 is 0 Å². The van der Waals surface area contributed by atoms with E-state index in [-0.39, 0.29) is 0 Å². The SMILES string of the molecule is COCCCN1CCCCC1=O. The van der Waals surface area contributed by atoms with Crippen LogP contribution in [0, 0.1) is 0 Å². The number of rotatable bonds is 4. The van der Waals surface area contributed by atoms with Crippen LogP contribution >= 0.6 is 0 Å². The fourth-order valence-electron chi connectivity index (χ4n) is 1.50. The highest BCUT2D eigenvalue weighted by Gasteiger charge is 2.16. The van der Waals surface area contributed by atoms with Gasteiger partial charge in [-0.05, 0) is 19.3 Å². The summed E-state index contributed by atoms with van der Waals surface area (Å²) in [5.74, 6) is 0.317. The molecular weight excluding hydrogens is 154 g/mol. The van der Waals surface area contributed by atoms with Gasteiger partial charge in [0.05, 0.1) is 0 Å². The van der Waals surface area contributed by atoms with Crippen molar-refractivity contribution in [1.29, 1.82) is 0 Å². The summed E-state index contributed by atoms with van der Waals surface area (Å²) in [6, 6.07) is 0. The summed E-state index contributed by atoms with van der Waals surface area (Å²) < 4.78 is 4.93. The highest BCUT2D eigenvalue weighted by Crippen LogP contribution is 2.10. The molecular formula is C9H17NO2. The van der Waals surface area contributed by atoms with Crippen LogP contribution < -0.4 is 0 Å². The minimum atomic E-state index is 0.317. The van der Waals surface area contributed by atoms with Gasteiger partial charge in [-0.1, -0.05) is 0 Å². The molecule has 0 bridgehead atoms. The summed E-state index contributed by atoms with van der Waals surface area (Å²) in [4.78, 5) is 13.2. The van der Waals surface area contributed by atoms with Gasteiger partial charge in [-0.3, -0.25) is 4.79 Å². The molecule has 0 saturated carbocycles. The van der Waals surface area contributed by atoms with Crippen molar-refractivity contribution in [2.24, 2.45) is 0 Å². The van der Waals surface area contributed by atoms with Crippen molar-refractivity contribution in [2.75, 3.05) is 26.8 Å². The molecule has 70 valence electrons. The van der Waals surface area contributed by atoms with Crippen LogP contribution in [0.1, 0.15) is 25.7 Å². The van der Waals surface area contributed by atoms with Gasteiger partial charge in [0, 0.05) is 33.2 Å². The summed E-state index contributed by atoms with van der Waals surface area (Å²) in [5, 5.41) is 0. The van der Waals surface area contributed by atoms with E-state index < -0.39 is 0 Å². The van der Waals surface area contributed by atoms with Gasteiger partial charge in [0.2, 0.25) is 5.91 Å². The van der Waals surface area contributed by atoms with E-state index in [1.54, 1.807) is 7.11 Å². The number of methoxy groups -OCH3 is 1. The number of nitrogens with zero attached hydrogens (tertiary/aromatic N) is 1. The molecule has 12 heavy (non-hydrogen) atoms. The predicted molar refractivity (Wildman–Crippen MR) is 46.9 cm³/mol. The molecule has 3 nitrogen and oxygen atoms in total. The Bertz CT molecular complexity index is 147. The number of piperidine rings is 1. The summed E-state index contributed by atoms with van der Waals surface area (Å²) in [6.45, 7) is 2.57. The Morgan fingerprint density at radius 3 is 3.00 bits per heavy atom. The minimum Gasteiger partial charge on any atom is -0.385 e. The molecule has 0 aromatic rings. The Balaban J connectivity index is 2.16. The second kappa shape index (κ2) is 5.14. The summed E-state index contributed by atoms with van der Waals surface area (Å²) >= 11 is 0. The van der Waals surface area contributed by atoms with Crippen LogP contribution in [0.3, 0.4) is 0 Å². The number of likely N-dealkylation sites (tertiary alicyclic amines) is 1. The molecule has 0 atom stereocenters. The molecule has 0 aromatic heterocycles.